The Kier molecular flexibility index (Phi) is 6.99. The number of allylic oxidation sites excluding steroid dienone is 2. The van der Waals surface area contributed by atoms with Gasteiger partial charge in [0.25, 0.3) is 0 Å². The molecule has 0 saturated heterocycles. The number of carbonyl (C=O) groups is 2. The lowest BCUT2D eigenvalue weighted by molar-refractivity contribution is -0.274. The molecule has 0 radical (unpaired) electrons. The predicted octanol–water partition coefficient (Wildman–Crippen LogP) is 4.33. The number of rotatable bonds is 4. The molecule has 1 aromatic carbocycles. The Morgan fingerprint density at radius 1 is 1.11 bits per heavy atom. The van der Waals surface area contributed by atoms with Crippen LogP contribution < -0.4 is 9.64 Å². The van der Waals surface area contributed by atoms with E-state index in [4.69, 9.17) is 21.1 Å². The van der Waals surface area contributed by atoms with Crippen molar-refractivity contribution in [2.45, 2.75) is 6.36 Å². The summed E-state index contributed by atoms with van der Waals surface area (Å²) in [6.45, 7) is 0. The van der Waals surface area contributed by atoms with Gasteiger partial charge in [-0.05, 0) is 40.8 Å². The average Bonchev–Trinajstić information content (AvgIpc) is 2.81. The number of esters is 2. The second kappa shape index (κ2) is 8.86. The van der Waals surface area contributed by atoms with Crippen molar-refractivity contribution in [3.8, 4) is 5.75 Å². The van der Waals surface area contributed by atoms with Crippen LogP contribution in [-0.2, 0) is 19.1 Å². The summed E-state index contributed by atoms with van der Waals surface area (Å²) in [5, 5.41) is -0.150. The first-order chi connectivity index (χ1) is 13.1. The largest absolute Gasteiger partial charge is 0.573 e. The number of hydrogen-bond donors (Lipinski definition) is 0. The highest BCUT2D eigenvalue weighted by molar-refractivity contribution is 14.1. The average molecular weight is 530 g/mol. The van der Waals surface area contributed by atoms with E-state index >= 15 is 0 Å². The molecule has 2 rings (SSSR count). The van der Waals surface area contributed by atoms with Gasteiger partial charge in [0.05, 0.1) is 30.5 Å². The van der Waals surface area contributed by atoms with Crippen LogP contribution in [0.1, 0.15) is 0 Å². The lowest BCUT2D eigenvalue weighted by atomic mass is 10.1. The quantitative estimate of drug-likeness (QED) is 0.427. The molecule has 150 valence electrons. The monoisotopic (exact) mass is 529 g/mol. The Balaban J connectivity index is 2.67. The second-order valence-corrected chi connectivity index (χ2v) is 6.67. The van der Waals surface area contributed by atoms with Gasteiger partial charge in [-0.1, -0.05) is 17.7 Å². The smallest absolute Gasteiger partial charge is 0.465 e. The highest BCUT2D eigenvalue weighted by Gasteiger charge is 2.33. The summed E-state index contributed by atoms with van der Waals surface area (Å²) < 4.78 is 51.0. The molecule has 1 aromatic rings. The first kappa shape index (κ1) is 22.1. The normalized spacial score (nSPS) is 14.0. The number of methoxy groups -OCH3 is 2. The number of nitrogens with zero attached hydrogens (tertiary/aromatic N) is 1. The number of carbonyl (C=O) groups excluding carboxylic acids is 2. The first-order valence-electron chi connectivity index (χ1n) is 7.38. The molecule has 0 amide bonds. The third-order valence-electron chi connectivity index (χ3n) is 3.35. The summed E-state index contributed by atoms with van der Waals surface area (Å²) in [5.74, 6) is -2.22. The Bertz CT molecular complexity index is 872. The van der Waals surface area contributed by atoms with Gasteiger partial charge in [-0.3, -0.25) is 0 Å². The van der Waals surface area contributed by atoms with Crippen molar-refractivity contribution in [2.75, 3.05) is 19.1 Å². The molecule has 0 aliphatic carbocycles. The summed E-state index contributed by atoms with van der Waals surface area (Å²) in [6.07, 6.45) is 0.848. The van der Waals surface area contributed by atoms with Gasteiger partial charge in [-0.15, -0.1) is 13.2 Å². The van der Waals surface area contributed by atoms with Crippen LogP contribution in [0.3, 0.4) is 0 Å². The zero-order chi connectivity index (χ0) is 21.1. The van der Waals surface area contributed by atoms with Gasteiger partial charge in [0.2, 0.25) is 0 Å². The van der Waals surface area contributed by atoms with Crippen molar-refractivity contribution < 1.29 is 37.0 Å². The van der Waals surface area contributed by atoms with E-state index in [-0.39, 0.29) is 25.6 Å². The van der Waals surface area contributed by atoms with Crippen molar-refractivity contribution in [3.63, 3.8) is 0 Å². The van der Waals surface area contributed by atoms with E-state index in [0.717, 1.165) is 26.4 Å². The summed E-state index contributed by atoms with van der Waals surface area (Å²) in [5.41, 5.74) is -0.191. The fourth-order valence-corrected chi connectivity index (χ4v) is 3.62. The van der Waals surface area contributed by atoms with Crippen LogP contribution in [0.15, 0.2) is 47.8 Å². The maximum atomic E-state index is 12.5. The molecule has 0 spiro atoms. The molecular formula is C17H12ClF3INO5. The maximum absolute atomic E-state index is 12.5. The van der Waals surface area contributed by atoms with Gasteiger partial charge < -0.3 is 19.1 Å². The van der Waals surface area contributed by atoms with E-state index < -0.39 is 24.1 Å². The summed E-state index contributed by atoms with van der Waals surface area (Å²) in [6, 6.07) is 2.04. The minimum atomic E-state index is -4.89. The number of ether oxygens (including phenoxy) is 3. The minimum absolute atomic E-state index is 0.123. The van der Waals surface area contributed by atoms with Gasteiger partial charge >= 0.3 is 18.3 Å². The lowest BCUT2D eigenvalue weighted by Gasteiger charge is -2.25. The van der Waals surface area contributed by atoms with Gasteiger partial charge in [0, 0.05) is 15.8 Å². The Hall–Kier alpha value is -2.21. The van der Waals surface area contributed by atoms with Crippen LogP contribution in [0.2, 0.25) is 5.02 Å². The fraction of sp³-hybridized carbons (Fsp3) is 0.176. The van der Waals surface area contributed by atoms with E-state index in [2.05, 4.69) is 4.74 Å². The second-order valence-electron chi connectivity index (χ2n) is 5.10. The molecule has 0 unspecified atom stereocenters. The Labute approximate surface area is 176 Å². The maximum Gasteiger partial charge on any atom is 0.573 e. The third kappa shape index (κ3) is 4.98. The molecule has 1 aliphatic heterocycles. The molecule has 1 aliphatic rings. The first-order valence-corrected chi connectivity index (χ1v) is 8.84. The summed E-state index contributed by atoms with van der Waals surface area (Å²) >= 11 is 7.92. The van der Waals surface area contributed by atoms with Crippen LogP contribution in [-0.4, -0.2) is 32.5 Å². The fourth-order valence-electron chi connectivity index (χ4n) is 2.30. The zero-order valence-electron chi connectivity index (χ0n) is 14.3. The third-order valence-corrected chi connectivity index (χ3v) is 4.46. The van der Waals surface area contributed by atoms with Crippen molar-refractivity contribution in [1.82, 2.24) is 0 Å². The molecule has 0 saturated carbocycles. The lowest BCUT2D eigenvalue weighted by Crippen LogP contribution is -2.27. The molecular weight excluding hydrogens is 518 g/mol. The van der Waals surface area contributed by atoms with Crippen molar-refractivity contribution in [3.05, 3.63) is 56.4 Å². The highest BCUT2D eigenvalue weighted by Crippen LogP contribution is 2.39. The van der Waals surface area contributed by atoms with E-state index in [0.29, 0.717) is 0 Å². The van der Waals surface area contributed by atoms with Gasteiger partial charge in [-0.25, -0.2) is 9.59 Å². The van der Waals surface area contributed by atoms with Gasteiger partial charge in [0.1, 0.15) is 11.4 Å². The molecule has 0 N–H and O–H groups in total. The Morgan fingerprint density at radius 2 is 1.75 bits per heavy atom. The topological polar surface area (TPSA) is 65.1 Å². The molecule has 1 heterocycles. The minimum Gasteiger partial charge on any atom is -0.465 e. The standard InChI is InChI=1S/C17H12ClF3INO5/c1-26-15(24)10-5-3-4-6-23(13(10)16(25)27-2)14-11(18)7-9(8-12(14)22)28-17(19,20)21/h3-8H,1-2H3. The number of benzene rings is 1. The zero-order valence-corrected chi connectivity index (χ0v) is 17.3. The molecule has 11 heteroatoms. The van der Waals surface area contributed by atoms with E-state index in [1.807, 2.05) is 0 Å². The van der Waals surface area contributed by atoms with Crippen LogP contribution in [0.25, 0.3) is 0 Å². The summed E-state index contributed by atoms with van der Waals surface area (Å²) in [7, 11) is 2.26. The highest BCUT2D eigenvalue weighted by atomic mass is 127. The van der Waals surface area contributed by atoms with Gasteiger partial charge in [-0.2, -0.15) is 0 Å². The van der Waals surface area contributed by atoms with Crippen molar-refractivity contribution in [2.24, 2.45) is 0 Å². The molecule has 6 nitrogen and oxygen atoms in total. The number of hydrogen-bond acceptors (Lipinski definition) is 6. The van der Waals surface area contributed by atoms with Crippen molar-refractivity contribution in [1.29, 1.82) is 0 Å². The predicted molar refractivity (Wildman–Crippen MR) is 103 cm³/mol. The van der Waals surface area contributed by atoms with Crippen LogP contribution in [0.5, 0.6) is 5.75 Å². The Morgan fingerprint density at radius 3 is 2.29 bits per heavy atom. The number of halogens is 5. The van der Waals surface area contributed by atoms with Gasteiger partial charge in [0.15, 0.2) is 0 Å². The molecule has 0 atom stereocenters. The van der Waals surface area contributed by atoms with Crippen LogP contribution in [0, 0.1) is 3.57 Å². The van der Waals surface area contributed by atoms with E-state index in [1.165, 1.54) is 29.3 Å². The molecule has 0 bridgehead atoms. The number of alkyl halides is 3. The van der Waals surface area contributed by atoms with Crippen LogP contribution in [0.4, 0.5) is 18.9 Å². The number of anilines is 1. The summed E-state index contributed by atoms with van der Waals surface area (Å²) in [4.78, 5) is 25.8. The van der Waals surface area contributed by atoms with Crippen LogP contribution >= 0.6 is 34.2 Å². The van der Waals surface area contributed by atoms with E-state index in [1.54, 1.807) is 22.6 Å². The molecule has 0 fully saturated rings. The van der Waals surface area contributed by atoms with Crippen molar-refractivity contribution >= 4 is 51.8 Å². The SMILES string of the molecule is COC(=O)C1=C(C(=O)OC)N(c2c(Cl)cc(OC(F)(F)F)cc2I)C=CC=C1. The molecule has 28 heavy (non-hydrogen) atoms. The molecule has 0 aromatic heterocycles. The van der Waals surface area contributed by atoms with E-state index in [9.17, 15) is 22.8 Å².